The molecule has 1 aliphatic rings. The molecule has 3 N–H and O–H groups in total. The number of hydrogen-bond acceptors (Lipinski definition) is 7. The van der Waals surface area contributed by atoms with Crippen molar-refractivity contribution in [3.63, 3.8) is 0 Å². The summed E-state index contributed by atoms with van der Waals surface area (Å²) in [6.07, 6.45) is 1.93. The van der Waals surface area contributed by atoms with Crippen LogP contribution in [0.4, 0.5) is 10.7 Å². The predicted octanol–water partition coefficient (Wildman–Crippen LogP) is 3.82. The quantitative estimate of drug-likeness (QED) is 0.533. The summed E-state index contributed by atoms with van der Waals surface area (Å²) >= 11 is 1.40. The van der Waals surface area contributed by atoms with Crippen LogP contribution in [-0.2, 0) is 27.1 Å². The molecule has 0 saturated heterocycles. The molecule has 8 heteroatoms. The summed E-state index contributed by atoms with van der Waals surface area (Å²) in [4.78, 5) is 38.7. The molecular formula is C22H26N2O5S. The summed E-state index contributed by atoms with van der Waals surface area (Å²) in [7, 11) is 1.33. The van der Waals surface area contributed by atoms with Gasteiger partial charge in [0.25, 0.3) is 5.91 Å². The number of hydrogen-bond donors (Lipinski definition) is 2. The zero-order chi connectivity index (χ0) is 21.8. The maximum absolute atomic E-state index is 12.9. The monoisotopic (exact) mass is 430 g/mol. The number of nitrogens with two attached hydrogens (primary N) is 1. The second kappa shape index (κ2) is 9.30. The minimum absolute atomic E-state index is 0.294. The highest BCUT2D eigenvalue weighted by Gasteiger charge is 2.30. The fourth-order valence-corrected chi connectivity index (χ4v) is 4.89. The lowest BCUT2D eigenvalue weighted by molar-refractivity contribution is -0.124. The van der Waals surface area contributed by atoms with Gasteiger partial charge in [0.15, 0.2) is 6.10 Å². The molecule has 7 nitrogen and oxygen atoms in total. The summed E-state index contributed by atoms with van der Waals surface area (Å²) in [6.45, 7) is 3.92. The molecule has 30 heavy (non-hydrogen) atoms. The first-order valence-electron chi connectivity index (χ1n) is 9.94. The van der Waals surface area contributed by atoms with Crippen molar-refractivity contribution < 1.29 is 23.9 Å². The number of benzene rings is 1. The summed E-state index contributed by atoms with van der Waals surface area (Å²) in [5.41, 5.74) is 7.84. The first-order chi connectivity index (χ1) is 14.3. The number of fused-ring (bicyclic) bond motifs is 1. The molecular weight excluding hydrogens is 404 g/mol. The van der Waals surface area contributed by atoms with Gasteiger partial charge in [-0.2, -0.15) is 0 Å². The van der Waals surface area contributed by atoms with Crippen molar-refractivity contribution in [3.8, 4) is 0 Å². The molecule has 3 rings (SSSR count). The van der Waals surface area contributed by atoms with Crippen LogP contribution in [-0.4, -0.2) is 31.1 Å². The molecule has 1 amide bonds. The summed E-state index contributed by atoms with van der Waals surface area (Å²) in [6, 6.07) is 6.28. The molecule has 1 aromatic heterocycles. The van der Waals surface area contributed by atoms with Crippen molar-refractivity contribution >= 4 is 39.9 Å². The zero-order valence-electron chi connectivity index (χ0n) is 17.3. The van der Waals surface area contributed by atoms with E-state index in [1.165, 1.54) is 18.4 Å². The summed E-state index contributed by atoms with van der Waals surface area (Å²) in [5, 5.41) is 3.25. The van der Waals surface area contributed by atoms with Gasteiger partial charge in [0.2, 0.25) is 0 Å². The third kappa shape index (κ3) is 4.64. The van der Waals surface area contributed by atoms with E-state index in [0.29, 0.717) is 34.2 Å². The van der Waals surface area contributed by atoms with Gasteiger partial charge in [0.1, 0.15) is 5.00 Å². The number of thiophene rings is 1. The minimum atomic E-state index is -0.987. The number of carbonyl (C=O) groups excluding carboxylic acids is 3. The van der Waals surface area contributed by atoms with Gasteiger partial charge >= 0.3 is 11.9 Å². The lowest BCUT2D eigenvalue weighted by Gasteiger charge is -2.18. The van der Waals surface area contributed by atoms with Crippen LogP contribution in [0.2, 0.25) is 0 Å². The van der Waals surface area contributed by atoms with Crippen LogP contribution in [0, 0.1) is 5.92 Å². The first-order valence-corrected chi connectivity index (χ1v) is 10.8. The van der Waals surface area contributed by atoms with Crippen LogP contribution in [0.5, 0.6) is 0 Å². The van der Waals surface area contributed by atoms with Crippen molar-refractivity contribution in [1.82, 2.24) is 0 Å². The second-order valence-electron chi connectivity index (χ2n) is 7.46. The number of rotatable bonds is 6. The van der Waals surface area contributed by atoms with Gasteiger partial charge in [-0.15, -0.1) is 11.3 Å². The highest BCUT2D eigenvalue weighted by molar-refractivity contribution is 7.17. The van der Waals surface area contributed by atoms with Gasteiger partial charge in [-0.05, 0) is 61.4 Å². The number of methoxy groups -OCH3 is 1. The van der Waals surface area contributed by atoms with E-state index in [2.05, 4.69) is 12.2 Å². The van der Waals surface area contributed by atoms with Gasteiger partial charge in [0.05, 0.1) is 18.2 Å². The van der Waals surface area contributed by atoms with E-state index in [4.69, 9.17) is 15.2 Å². The Hall–Kier alpha value is -2.87. The van der Waals surface area contributed by atoms with Crippen molar-refractivity contribution in [2.75, 3.05) is 18.2 Å². The topological polar surface area (TPSA) is 108 Å². The Morgan fingerprint density at radius 2 is 1.93 bits per heavy atom. The maximum Gasteiger partial charge on any atom is 0.341 e. The third-order valence-electron chi connectivity index (χ3n) is 5.20. The molecule has 160 valence electrons. The minimum Gasteiger partial charge on any atom is -0.465 e. The molecule has 1 heterocycles. The van der Waals surface area contributed by atoms with E-state index in [1.807, 2.05) is 0 Å². The van der Waals surface area contributed by atoms with Crippen LogP contribution >= 0.6 is 11.3 Å². The Labute approximate surface area is 179 Å². The normalized spacial score (nSPS) is 16.3. The number of anilines is 2. The summed E-state index contributed by atoms with van der Waals surface area (Å²) in [5.74, 6) is -1.03. The van der Waals surface area contributed by atoms with Gasteiger partial charge < -0.3 is 20.5 Å². The SMILES string of the molecule is CCC(OC(=O)c1ccc(N)cc1)C(=O)Nc1sc2c(c1C(=O)OC)CCC(C)C2. The van der Waals surface area contributed by atoms with E-state index in [-0.39, 0.29) is 0 Å². The smallest absolute Gasteiger partial charge is 0.341 e. The van der Waals surface area contributed by atoms with Crippen molar-refractivity contribution in [1.29, 1.82) is 0 Å². The molecule has 1 aliphatic carbocycles. The molecule has 0 saturated carbocycles. The number of nitrogen functional groups attached to an aromatic ring is 1. The molecule has 0 radical (unpaired) electrons. The average Bonchev–Trinajstić information content (AvgIpc) is 3.08. The zero-order valence-corrected chi connectivity index (χ0v) is 18.1. The molecule has 1 aromatic carbocycles. The number of carbonyl (C=O) groups is 3. The average molecular weight is 431 g/mol. The van der Waals surface area contributed by atoms with Crippen molar-refractivity contribution in [3.05, 3.63) is 45.8 Å². The van der Waals surface area contributed by atoms with Crippen LogP contribution in [0.3, 0.4) is 0 Å². The van der Waals surface area contributed by atoms with E-state index < -0.39 is 23.9 Å². The predicted molar refractivity (Wildman–Crippen MR) is 116 cm³/mol. The molecule has 0 bridgehead atoms. The van der Waals surface area contributed by atoms with Crippen LogP contribution in [0.1, 0.15) is 57.8 Å². The Balaban J connectivity index is 1.79. The van der Waals surface area contributed by atoms with E-state index in [0.717, 1.165) is 29.7 Å². The Morgan fingerprint density at radius 1 is 1.23 bits per heavy atom. The second-order valence-corrected chi connectivity index (χ2v) is 8.57. The lowest BCUT2D eigenvalue weighted by atomic mass is 9.88. The standard InChI is InChI=1S/C22H26N2O5S/c1-4-16(29-21(26)13-6-8-14(23)9-7-13)19(25)24-20-18(22(27)28-3)15-10-5-12(2)11-17(15)30-20/h6-9,12,16H,4-5,10-11,23H2,1-3H3,(H,24,25). The van der Waals surface area contributed by atoms with Crippen LogP contribution in [0.25, 0.3) is 0 Å². The van der Waals surface area contributed by atoms with E-state index in [1.54, 1.807) is 31.2 Å². The third-order valence-corrected chi connectivity index (χ3v) is 6.37. The van der Waals surface area contributed by atoms with Crippen molar-refractivity contribution in [2.24, 2.45) is 5.92 Å². The van der Waals surface area contributed by atoms with Crippen molar-refractivity contribution in [2.45, 2.75) is 45.6 Å². The molecule has 0 fully saturated rings. The molecule has 2 aromatic rings. The van der Waals surface area contributed by atoms with E-state index in [9.17, 15) is 14.4 Å². The number of amides is 1. The van der Waals surface area contributed by atoms with Gasteiger partial charge in [0, 0.05) is 10.6 Å². The number of nitrogens with one attached hydrogen (secondary N) is 1. The Bertz CT molecular complexity index is 951. The van der Waals surface area contributed by atoms with Gasteiger partial charge in [-0.3, -0.25) is 4.79 Å². The summed E-state index contributed by atoms with van der Waals surface area (Å²) < 4.78 is 10.4. The number of esters is 2. The molecule has 0 spiro atoms. The highest BCUT2D eigenvalue weighted by Crippen LogP contribution is 2.40. The first kappa shape index (κ1) is 21.8. The molecule has 2 atom stereocenters. The van der Waals surface area contributed by atoms with Gasteiger partial charge in [-0.25, -0.2) is 9.59 Å². The fraction of sp³-hybridized carbons (Fsp3) is 0.409. The van der Waals surface area contributed by atoms with Gasteiger partial charge in [-0.1, -0.05) is 13.8 Å². The molecule has 0 aliphatic heterocycles. The Kier molecular flexibility index (Phi) is 6.77. The lowest BCUT2D eigenvalue weighted by Crippen LogP contribution is -2.32. The number of ether oxygens (including phenoxy) is 2. The highest BCUT2D eigenvalue weighted by atomic mass is 32.1. The molecule has 2 unspecified atom stereocenters. The largest absolute Gasteiger partial charge is 0.465 e. The Morgan fingerprint density at radius 3 is 2.57 bits per heavy atom. The van der Waals surface area contributed by atoms with Crippen LogP contribution < -0.4 is 11.1 Å². The van der Waals surface area contributed by atoms with E-state index >= 15 is 0 Å². The fourth-order valence-electron chi connectivity index (χ4n) is 3.49. The van der Waals surface area contributed by atoms with Crippen LogP contribution in [0.15, 0.2) is 24.3 Å². The maximum atomic E-state index is 12.9.